The molecule has 2 N–H and O–H groups in total. The number of fused-ring (bicyclic) bond motifs is 3. The Morgan fingerprint density at radius 3 is 2.35 bits per heavy atom. The van der Waals surface area contributed by atoms with Crippen LogP contribution in [0.1, 0.15) is 43.2 Å². The molecule has 2 bridgehead atoms. The number of rotatable bonds is 3. The van der Waals surface area contributed by atoms with Gasteiger partial charge < -0.3 is 10.4 Å². The van der Waals surface area contributed by atoms with Gasteiger partial charge in [-0.2, -0.15) is 13.2 Å². The number of nitrogens with one attached hydrogen (secondary N) is 1. The lowest BCUT2D eigenvalue weighted by Gasteiger charge is -2.50. The van der Waals surface area contributed by atoms with Crippen LogP contribution in [0.3, 0.4) is 0 Å². The summed E-state index contributed by atoms with van der Waals surface area (Å²) in [6.45, 7) is 0. The lowest BCUT2D eigenvalue weighted by molar-refractivity contribution is -0.137. The van der Waals surface area contributed by atoms with Crippen LogP contribution < -0.4 is 5.32 Å². The monoisotopic (exact) mass is 327 g/mol. The number of benzene rings is 1. The molecule has 3 aliphatic rings. The van der Waals surface area contributed by atoms with Gasteiger partial charge in [0.2, 0.25) is 5.91 Å². The van der Waals surface area contributed by atoms with Crippen molar-refractivity contribution in [1.82, 2.24) is 5.32 Å². The molecule has 3 fully saturated rings. The first-order valence-electron chi connectivity index (χ1n) is 7.94. The average molecular weight is 327 g/mol. The number of carbonyl (C=O) groups excluding carboxylic acids is 1. The minimum Gasteiger partial charge on any atom is -0.391 e. The summed E-state index contributed by atoms with van der Waals surface area (Å²) < 4.78 is 37.6. The van der Waals surface area contributed by atoms with E-state index in [-0.39, 0.29) is 12.3 Å². The molecule has 6 heteroatoms. The van der Waals surface area contributed by atoms with Crippen LogP contribution in [0.25, 0.3) is 0 Å². The van der Waals surface area contributed by atoms with Gasteiger partial charge in [-0.3, -0.25) is 4.79 Å². The highest BCUT2D eigenvalue weighted by Crippen LogP contribution is 2.44. The third kappa shape index (κ3) is 3.37. The van der Waals surface area contributed by atoms with E-state index >= 15 is 0 Å². The Morgan fingerprint density at radius 1 is 1.22 bits per heavy atom. The van der Waals surface area contributed by atoms with Crippen LogP contribution in [0.15, 0.2) is 24.3 Å². The molecule has 3 saturated carbocycles. The number of aliphatic hydroxyl groups excluding tert-OH is 1. The van der Waals surface area contributed by atoms with Crippen molar-refractivity contribution in [3.05, 3.63) is 35.4 Å². The third-order valence-corrected chi connectivity index (χ3v) is 5.23. The molecule has 1 atom stereocenters. The largest absolute Gasteiger partial charge is 0.416 e. The quantitative estimate of drug-likeness (QED) is 0.896. The Balaban J connectivity index is 1.63. The van der Waals surface area contributed by atoms with Crippen LogP contribution in [-0.2, 0) is 17.4 Å². The van der Waals surface area contributed by atoms with Crippen LogP contribution in [0.4, 0.5) is 13.2 Å². The van der Waals surface area contributed by atoms with Crippen molar-refractivity contribution in [2.24, 2.45) is 5.92 Å². The minimum atomic E-state index is -4.37. The predicted molar refractivity (Wildman–Crippen MR) is 78.6 cm³/mol. The van der Waals surface area contributed by atoms with Crippen molar-refractivity contribution < 1.29 is 23.1 Å². The van der Waals surface area contributed by atoms with Gasteiger partial charge in [0.25, 0.3) is 0 Å². The summed E-state index contributed by atoms with van der Waals surface area (Å²) in [7, 11) is 0. The summed E-state index contributed by atoms with van der Waals surface area (Å²) in [6.07, 6.45) is -0.572. The van der Waals surface area contributed by atoms with Gasteiger partial charge in [-0.1, -0.05) is 12.1 Å². The minimum absolute atomic E-state index is 0.0238. The number of amides is 1. The molecule has 3 nitrogen and oxygen atoms in total. The maximum absolute atomic E-state index is 12.5. The summed E-state index contributed by atoms with van der Waals surface area (Å²) in [6, 6.07) is 4.63. The highest BCUT2D eigenvalue weighted by molar-refractivity contribution is 5.79. The lowest BCUT2D eigenvalue weighted by atomic mass is 9.64. The molecule has 1 unspecified atom stereocenters. The van der Waals surface area contributed by atoms with E-state index in [1.54, 1.807) is 0 Å². The van der Waals surface area contributed by atoms with E-state index in [1.165, 1.54) is 12.1 Å². The average Bonchev–Trinajstić information content (AvgIpc) is 2.48. The van der Waals surface area contributed by atoms with E-state index in [9.17, 15) is 23.1 Å². The molecule has 0 spiro atoms. The standard InChI is InChI=1S/C17H20F3NO2/c18-17(19,20)13-3-1-11(2-4-13)10-15(23)21-16-7-5-12(6-8-16)9-14(16)22/h1-4,12,14,22H,5-10H2,(H,21,23). The number of hydrogen-bond acceptors (Lipinski definition) is 2. The van der Waals surface area contributed by atoms with Crippen LogP contribution in [0.2, 0.25) is 0 Å². The summed E-state index contributed by atoms with van der Waals surface area (Å²) >= 11 is 0. The van der Waals surface area contributed by atoms with Crippen LogP contribution in [0, 0.1) is 5.92 Å². The molecule has 23 heavy (non-hydrogen) atoms. The Labute approximate surface area is 132 Å². The Hall–Kier alpha value is -1.56. The zero-order valence-electron chi connectivity index (χ0n) is 12.7. The highest BCUT2D eigenvalue weighted by atomic mass is 19.4. The van der Waals surface area contributed by atoms with Crippen molar-refractivity contribution in [2.75, 3.05) is 0 Å². The van der Waals surface area contributed by atoms with Crippen molar-refractivity contribution >= 4 is 5.91 Å². The number of carbonyl (C=O) groups is 1. The van der Waals surface area contributed by atoms with Crippen LogP contribution in [0.5, 0.6) is 0 Å². The number of hydrogen-bond donors (Lipinski definition) is 2. The maximum atomic E-state index is 12.5. The van der Waals surface area contributed by atoms with E-state index in [4.69, 9.17) is 0 Å². The molecule has 1 aromatic rings. The molecule has 126 valence electrons. The zero-order valence-corrected chi connectivity index (χ0v) is 12.7. The van der Waals surface area contributed by atoms with Crippen LogP contribution >= 0.6 is 0 Å². The molecule has 0 aromatic heterocycles. The smallest absolute Gasteiger partial charge is 0.391 e. The zero-order chi connectivity index (χ0) is 16.7. The molecule has 1 amide bonds. The summed E-state index contributed by atoms with van der Waals surface area (Å²) in [5.41, 5.74) is -0.732. The van der Waals surface area contributed by atoms with E-state index in [0.29, 0.717) is 11.5 Å². The molecule has 4 rings (SSSR count). The topological polar surface area (TPSA) is 49.3 Å². The number of alkyl halides is 3. The molecule has 0 aliphatic heterocycles. The molecule has 0 saturated heterocycles. The van der Waals surface area contributed by atoms with Crippen LogP contribution in [-0.4, -0.2) is 22.7 Å². The third-order valence-electron chi connectivity index (χ3n) is 5.23. The lowest BCUT2D eigenvalue weighted by Crippen LogP contribution is -2.62. The van der Waals surface area contributed by atoms with Crippen molar-refractivity contribution in [2.45, 2.75) is 56.3 Å². The Bertz CT molecular complexity index is 574. The van der Waals surface area contributed by atoms with Crippen molar-refractivity contribution in [3.63, 3.8) is 0 Å². The van der Waals surface area contributed by atoms with E-state index < -0.39 is 23.4 Å². The fourth-order valence-electron chi connectivity index (χ4n) is 3.83. The first kappa shape index (κ1) is 16.3. The van der Waals surface area contributed by atoms with E-state index in [1.807, 2.05) is 0 Å². The van der Waals surface area contributed by atoms with E-state index in [0.717, 1.165) is 44.2 Å². The molecule has 3 aliphatic carbocycles. The SMILES string of the molecule is O=C(Cc1ccc(C(F)(F)F)cc1)NC12CCC(CC1)CC2O. The fourth-order valence-corrected chi connectivity index (χ4v) is 3.83. The number of halogens is 3. The predicted octanol–water partition coefficient (Wildman–Crippen LogP) is 3.06. The van der Waals surface area contributed by atoms with Gasteiger partial charge in [0, 0.05) is 0 Å². The van der Waals surface area contributed by atoms with Gasteiger partial charge in [0.05, 0.1) is 23.6 Å². The normalized spacial score (nSPS) is 30.3. The number of aliphatic hydroxyl groups is 1. The second-order valence-electron chi connectivity index (χ2n) is 6.77. The molecule has 1 aromatic carbocycles. The van der Waals surface area contributed by atoms with Crippen molar-refractivity contribution in [1.29, 1.82) is 0 Å². The van der Waals surface area contributed by atoms with Gasteiger partial charge in [-0.15, -0.1) is 0 Å². The summed E-state index contributed by atoms with van der Waals surface area (Å²) in [4.78, 5) is 12.2. The van der Waals surface area contributed by atoms with Crippen molar-refractivity contribution in [3.8, 4) is 0 Å². The molecule has 0 heterocycles. The molecule has 0 radical (unpaired) electrons. The fraction of sp³-hybridized carbons (Fsp3) is 0.588. The van der Waals surface area contributed by atoms with Gasteiger partial charge >= 0.3 is 6.18 Å². The van der Waals surface area contributed by atoms with Gasteiger partial charge in [0.1, 0.15) is 0 Å². The first-order valence-corrected chi connectivity index (χ1v) is 7.94. The second kappa shape index (κ2) is 5.82. The van der Waals surface area contributed by atoms with Gasteiger partial charge in [0.15, 0.2) is 0 Å². The Kier molecular flexibility index (Phi) is 4.12. The molecular weight excluding hydrogens is 307 g/mol. The highest BCUT2D eigenvalue weighted by Gasteiger charge is 2.47. The summed E-state index contributed by atoms with van der Waals surface area (Å²) in [5.74, 6) is 0.308. The first-order chi connectivity index (χ1) is 10.8. The molecular formula is C17H20F3NO2. The Morgan fingerprint density at radius 2 is 1.83 bits per heavy atom. The van der Waals surface area contributed by atoms with Gasteiger partial charge in [-0.25, -0.2) is 0 Å². The van der Waals surface area contributed by atoms with Gasteiger partial charge in [-0.05, 0) is 55.7 Å². The summed E-state index contributed by atoms with van der Waals surface area (Å²) in [5, 5.41) is 13.2. The maximum Gasteiger partial charge on any atom is 0.416 e. The van der Waals surface area contributed by atoms with E-state index in [2.05, 4.69) is 5.32 Å². The second-order valence-corrected chi connectivity index (χ2v) is 6.77.